The fourth-order valence-corrected chi connectivity index (χ4v) is 3.61. The normalized spacial score (nSPS) is 14.6. The van der Waals surface area contributed by atoms with Gasteiger partial charge in [-0.05, 0) is 6.92 Å². The monoisotopic (exact) mass is 372 g/mol. The van der Waals surface area contributed by atoms with E-state index in [2.05, 4.69) is 57.9 Å². The standard InChI is InChI=1S/C20H20N8/c1-14-25-16(15-5-3-2-4-6-15)11-17(26-14)27-7-9-28(10-8-27)20-18-19(22-12-21-18)23-13-24-20/h2-6,11-13H,7-10H2,1H3,(H,21,22,23,24). The summed E-state index contributed by atoms with van der Waals surface area (Å²) in [7, 11) is 0. The van der Waals surface area contributed by atoms with Gasteiger partial charge in [-0.3, -0.25) is 0 Å². The molecule has 0 amide bonds. The molecule has 0 aliphatic carbocycles. The van der Waals surface area contributed by atoms with Crippen molar-refractivity contribution in [2.45, 2.75) is 6.92 Å². The molecule has 8 nitrogen and oxygen atoms in total. The minimum atomic E-state index is 0.700. The van der Waals surface area contributed by atoms with Crippen LogP contribution < -0.4 is 9.80 Å². The molecule has 1 aliphatic heterocycles. The molecule has 0 bridgehead atoms. The number of H-pyrrole nitrogens is 1. The van der Waals surface area contributed by atoms with Gasteiger partial charge in [-0.25, -0.2) is 24.9 Å². The minimum absolute atomic E-state index is 0.700. The number of aromatic amines is 1. The Labute approximate surface area is 162 Å². The summed E-state index contributed by atoms with van der Waals surface area (Å²) in [4.78, 5) is 29.9. The highest BCUT2D eigenvalue weighted by Crippen LogP contribution is 2.25. The van der Waals surface area contributed by atoms with Gasteiger partial charge in [-0.15, -0.1) is 0 Å². The molecule has 1 aromatic carbocycles. The third-order valence-electron chi connectivity index (χ3n) is 5.00. The Morgan fingerprint density at radius 3 is 2.50 bits per heavy atom. The molecule has 1 N–H and O–H groups in total. The first-order valence-corrected chi connectivity index (χ1v) is 9.33. The average molecular weight is 372 g/mol. The summed E-state index contributed by atoms with van der Waals surface area (Å²) in [6, 6.07) is 12.3. The first-order chi connectivity index (χ1) is 13.8. The second-order valence-corrected chi connectivity index (χ2v) is 6.80. The number of hydrogen-bond acceptors (Lipinski definition) is 7. The van der Waals surface area contributed by atoms with Crippen molar-refractivity contribution in [1.82, 2.24) is 29.9 Å². The number of rotatable bonds is 3. The fraction of sp³-hybridized carbons (Fsp3) is 0.250. The minimum Gasteiger partial charge on any atom is -0.353 e. The van der Waals surface area contributed by atoms with Gasteiger partial charge < -0.3 is 14.8 Å². The van der Waals surface area contributed by atoms with E-state index in [1.54, 1.807) is 12.7 Å². The number of hydrogen-bond donors (Lipinski definition) is 1. The Bertz CT molecular complexity index is 1100. The lowest BCUT2D eigenvalue weighted by Crippen LogP contribution is -2.47. The van der Waals surface area contributed by atoms with Crippen molar-refractivity contribution in [3.63, 3.8) is 0 Å². The van der Waals surface area contributed by atoms with Crippen molar-refractivity contribution >= 4 is 22.8 Å². The van der Waals surface area contributed by atoms with Crippen LogP contribution in [0.15, 0.2) is 49.1 Å². The number of aryl methyl sites for hydroxylation is 1. The van der Waals surface area contributed by atoms with Crippen LogP contribution in [0.3, 0.4) is 0 Å². The summed E-state index contributed by atoms with van der Waals surface area (Å²) in [5, 5.41) is 0. The first-order valence-electron chi connectivity index (χ1n) is 9.33. The predicted molar refractivity (Wildman–Crippen MR) is 108 cm³/mol. The highest BCUT2D eigenvalue weighted by molar-refractivity contribution is 5.82. The van der Waals surface area contributed by atoms with Crippen LogP contribution in [0.2, 0.25) is 0 Å². The second kappa shape index (κ2) is 6.88. The van der Waals surface area contributed by atoms with Crippen LogP contribution in [0.5, 0.6) is 0 Å². The van der Waals surface area contributed by atoms with Crippen LogP contribution in [0.1, 0.15) is 5.82 Å². The molecule has 8 heteroatoms. The highest BCUT2D eigenvalue weighted by Gasteiger charge is 2.22. The summed E-state index contributed by atoms with van der Waals surface area (Å²) < 4.78 is 0. The number of piperazine rings is 1. The molecule has 3 aromatic heterocycles. The fourth-order valence-electron chi connectivity index (χ4n) is 3.61. The summed E-state index contributed by atoms with van der Waals surface area (Å²) in [6.07, 6.45) is 3.23. The van der Waals surface area contributed by atoms with Crippen LogP contribution in [0.25, 0.3) is 22.4 Å². The van der Waals surface area contributed by atoms with Crippen LogP contribution in [0, 0.1) is 6.92 Å². The van der Waals surface area contributed by atoms with Crippen LogP contribution >= 0.6 is 0 Å². The molecule has 0 radical (unpaired) electrons. The number of nitrogens with zero attached hydrogens (tertiary/aromatic N) is 7. The van der Waals surface area contributed by atoms with E-state index in [0.29, 0.717) is 5.65 Å². The summed E-state index contributed by atoms with van der Waals surface area (Å²) in [6.45, 7) is 5.39. The quantitative estimate of drug-likeness (QED) is 0.591. The van der Waals surface area contributed by atoms with Gasteiger partial charge >= 0.3 is 0 Å². The van der Waals surface area contributed by atoms with Crippen molar-refractivity contribution < 1.29 is 0 Å². The van der Waals surface area contributed by atoms with E-state index < -0.39 is 0 Å². The third kappa shape index (κ3) is 3.02. The first kappa shape index (κ1) is 16.6. The Kier molecular flexibility index (Phi) is 4.08. The molecule has 0 saturated carbocycles. The molecule has 5 rings (SSSR count). The molecule has 1 aliphatic rings. The highest BCUT2D eigenvalue weighted by atomic mass is 15.3. The molecule has 140 valence electrons. The SMILES string of the molecule is Cc1nc(-c2ccccc2)cc(N2CCN(c3ncnc4nc[nH]c34)CC2)n1. The molecule has 28 heavy (non-hydrogen) atoms. The van der Waals surface area contributed by atoms with Crippen molar-refractivity contribution in [1.29, 1.82) is 0 Å². The van der Waals surface area contributed by atoms with Gasteiger partial charge in [0.15, 0.2) is 11.5 Å². The Balaban J connectivity index is 1.37. The van der Waals surface area contributed by atoms with Crippen molar-refractivity contribution in [2.24, 2.45) is 0 Å². The predicted octanol–water partition coefficient (Wildman–Crippen LogP) is 2.44. The number of fused-ring (bicyclic) bond motifs is 1. The van der Waals surface area contributed by atoms with Crippen LogP contribution in [0.4, 0.5) is 11.6 Å². The third-order valence-corrected chi connectivity index (χ3v) is 5.00. The zero-order valence-electron chi connectivity index (χ0n) is 15.6. The van der Waals surface area contributed by atoms with E-state index in [9.17, 15) is 0 Å². The van der Waals surface area contributed by atoms with E-state index in [0.717, 1.165) is 60.4 Å². The molecule has 0 atom stereocenters. The van der Waals surface area contributed by atoms with Crippen LogP contribution in [-0.4, -0.2) is 56.1 Å². The number of imidazole rings is 1. The van der Waals surface area contributed by atoms with Gasteiger partial charge in [0.1, 0.15) is 23.5 Å². The zero-order chi connectivity index (χ0) is 18.9. The second-order valence-electron chi connectivity index (χ2n) is 6.80. The molecule has 0 spiro atoms. The summed E-state index contributed by atoms with van der Waals surface area (Å²) in [5.74, 6) is 2.67. The molecule has 1 fully saturated rings. The van der Waals surface area contributed by atoms with Crippen molar-refractivity contribution in [3.05, 3.63) is 54.9 Å². The van der Waals surface area contributed by atoms with Crippen molar-refractivity contribution in [2.75, 3.05) is 36.0 Å². The van der Waals surface area contributed by atoms with Gasteiger partial charge in [0.25, 0.3) is 0 Å². The van der Waals surface area contributed by atoms with Gasteiger partial charge in [-0.2, -0.15) is 0 Å². The molecule has 0 unspecified atom stereocenters. The lowest BCUT2D eigenvalue weighted by atomic mass is 10.1. The lowest BCUT2D eigenvalue weighted by Gasteiger charge is -2.36. The van der Waals surface area contributed by atoms with E-state index in [1.165, 1.54) is 0 Å². The Hall–Kier alpha value is -3.55. The smallest absolute Gasteiger partial charge is 0.182 e. The van der Waals surface area contributed by atoms with Gasteiger partial charge in [0, 0.05) is 37.8 Å². The van der Waals surface area contributed by atoms with E-state index in [1.807, 2.05) is 25.1 Å². The van der Waals surface area contributed by atoms with Gasteiger partial charge in [-0.1, -0.05) is 30.3 Å². The number of anilines is 2. The molecular formula is C20H20N8. The molecule has 4 heterocycles. The van der Waals surface area contributed by atoms with E-state index in [-0.39, 0.29) is 0 Å². The van der Waals surface area contributed by atoms with Crippen LogP contribution in [-0.2, 0) is 0 Å². The topological polar surface area (TPSA) is 86.7 Å². The van der Waals surface area contributed by atoms with E-state index >= 15 is 0 Å². The van der Waals surface area contributed by atoms with Gasteiger partial charge in [0.2, 0.25) is 0 Å². The van der Waals surface area contributed by atoms with Gasteiger partial charge in [0.05, 0.1) is 12.0 Å². The zero-order valence-corrected chi connectivity index (χ0v) is 15.6. The largest absolute Gasteiger partial charge is 0.353 e. The summed E-state index contributed by atoms with van der Waals surface area (Å²) in [5.41, 5.74) is 3.66. The molecule has 1 saturated heterocycles. The Morgan fingerprint density at radius 1 is 0.893 bits per heavy atom. The Morgan fingerprint density at radius 2 is 1.68 bits per heavy atom. The average Bonchev–Trinajstić information content (AvgIpc) is 3.23. The summed E-state index contributed by atoms with van der Waals surface area (Å²) >= 11 is 0. The lowest BCUT2D eigenvalue weighted by molar-refractivity contribution is 0.641. The number of benzene rings is 1. The molecule has 4 aromatic rings. The number of aromatic nitrogens is 6. The maximum absolute atomic E-state index is 4.68. The maximum Gasteiger partial charge on any atom is 0.182 e. The van der Waals surface area contributed by atoms with E-state index in [4.69, 9.17) is 0 Å². The number of nitrogens with one attached hydrogen (secondary N) is 1. The van der Waals surface area contributed by atoms with Crippen molar-refractivity contribution in [3.8, 4) is 11.3 Å². The molecular weight excluding hydrogens is 352 g/mol. The maximum atomic E-state index is 4.68.